The zero-order valence-electron chi connectivity index (χ0n) is 10.4. The lowest BCUT2D eigenvalue weighted by Crippen LogP contribution is -2.39. The average Bonchev–Trinajstić information content (AvgIpc) is 2.63. The van der Waals surface area contributed by atoms with Gasteiger partial charge in [-0.05, 0) is 26.3 Å². The van der Waals surface area contributed by atoms with Gasteiger partial charge in [0.05, 0.1) is 25.0 Å². The molecule has 0 spiro atoms. The van der Waals surface area contributed by atoms with E-state index in [1.807, 2.05) is 20.8 Å². The zero-order chi connectivity index (χ0) is 12.6. The SMILES string of the molecule is C=C1CN(C(=O)OC(C)(C)C)Cc2cn[nH]c21. The van der Waals surface area contributed by atoms with Crippen LogP contribution in [0.2, 0.25) is 0 Å². The fourth-order valence-corrected chi connectivity index (χ4v) is 1.76. The van der Waals surface area contributed by atoms with Crippen molar-refractivity contribution in [1.29, 1.82) is 0 Å². The van der Waals surface area contributed by atoms with Crippen LogP contribution in [0.25, 0.3) is 5.57 Å². The molecule has 5 nitrogen and oxygen atoms in total. The highest BCUT2D eigenvalue weighted by atomic mass is 16.6. The van der Waals surface area contributed by atoms with Crippen LogP contribution < -0.4 is 0 Å². The molecule has 0 radical (unpaired) electrons. The van der Waals surface area contributed by atoms with E-state index in [1.165, 1.54) is 0 Å². The van der Waals surface area contributed by atoms with E-state index in [0.717, 1.165) is 16.8 Å². The molecular formula is C12H17N3O2. The minimum Gasteiger partial charge on any atom is -0.444 e. The summed E-state index contributed by atoms with van der Waals surface area (Å²) in [5, 5.41) is 6.84. The predicted molar refractivity (Wildman–Crippen MR) is 64.3 cm³/mol. The third-order valence-corrected chi connectivity index (χ3v) is 2.47. The van der Waals surface area contributed by atoms with Gasteiger partial charge in [-0.3, -0.25) is 10.00 Å². The lowest BCUT2D eigenvalue weighted by molar-refractivity contribution is 0.0255. The quantitative estimate of drug-likeness (QED) is 0.749. The minimum absolute atomic E-state index is 0.314. The molecule has 1 N–H and O–H groups in total. The highest BCUT2D eigenvalue weighted by Gasteiger charge is 2.28. The molecule has 0 saturated heterocycles. The zero-order valence-corrected chi connectivity index (χ0v) is 10.4. The van der Waals surface area contributed by atoms with E-state index in [4.69, 9.17) is 4.74 Å². The fourth-order valence-electron chi connectivity index (χ4n) is 1.76. The first-order valence-corrected chi connectivity index (χ1v) is 5.55. The summed E-state index contributed by atoms with van der Waals surface area (Å²) < 4.78 is 5.33. The normalized spacial score (nSPS) is 15.7. The Morgan fingerprint density at radius 2 is 2.24 bits per heavy atom. The molecule has 0 fully saturated rings. The van der Waals surface area contributed by atoms with Crippen molar-refractivity contribution >= 4 is 11.7 Å². The first-order chi connectivity index (χ1) is 7.87. The summed E-state index contributed by atoms with van der Waals surface area (Å²) >= 11 is 0. The van der Waals surface area contributed by atoms with Gasteiger partial charge >= 0.3 is 6.09 Å². The summed E-state index contributed by atoms with van der Waals surface area (Å²) in [6.07, 6.45) is 1.40. The second kappa shape index (κ2) is 3.91. The predicted octanol–water partition coefficient (Wildman–Crippen LogP) is 2.17. The van der Waals surface area contributed by atoms with Crippen molar-refractivity contribution in [1.82, 2.24) is 15.1 Å². The number of carbonyl (C=O) groups excluding carboxylic acids is 1. The van der Waals surface area contributed by atoms with Gasteiger partial charge in [-0.2, -0.15) is 5.10 Å². The number of aromatic nitrogens is 2. The number of fused-ring (bicyclic) bond motifs is 1. The number of H-pyrrole nitrogens is 1. The van der Waals surface area contributed by atoms with Crippen LogP contribution in [0.15, 0.2) is 12.8 Å². The van der Waals surface area contributed by atoms with E-state index < -0.39 is 5.60 Å². The van der Waals surface area contributed by atoms with Gasteiger partial charge in [0, 0.05) is 5.56 Å². The second-order valence-corrected chi connectivity index (χ2v) is 5.21. The Morgan fingerprint density at radius 3 is 2.88 bits per heavy atom. The Kier molecular flexibility index (Phi) is 2.69. The Bertz CT molecular complexity index is 457. The first kappa shape index (κ1) is 11.7. The molecule has 1 aromatic rings. The Morgan fingerprint density at radius 1 is 1.53 bits per heavy atom. The van der Waals surface area contributed by atoms with Crippen LogP contribution in [0.1, 0.15) is 32.0 Å². The van der Waals surface area contributed by atoms with E-state index >= 15 is 0 Å². The largest absolute Gasteiger partial charge is 0.444 e. The van der Waals surface area contributed by atoms with Crippen LogP contribution in [-0.2, 0) is 11.3 Å². The summed E-state index contributed by atoms with van der Waals surface area (Å²) in [4.78, 5) is 13.6. The van der Waals surface area contributed by atoms with Crippen LogP contribution >= 0.6 is 0 Å². The van der Waals surface area contributed by atoms with Crippen LogP contribution in [0.3, 0.4) is 0 Å². The molecule has 2 heterocycles. The molecule has 0 atom stereocenters. The summed E-state index contributed by atoms with van der Waals surface area (Å²) in [5.74, 6) is 0. The molecule has 0 bridgehead atoms. The van der Waals surface area contributed by atoms with Crippen molar-refractivity contribution in [3.05, 3.63) is 24.0 Å². The molecule has 92 valence electrons. The van der Waals surface area contributed by atoms with Gasteiger partial charge in [-0.25, -0.2) is 4.79 Å². The molecule has 0 saturated carbocycles. The maximum Gasteiger partial charge on any atom is 0.410 e. The van der Waals surface area contributed by atoms with Gasteiger partial charge in [0.15, 0.2) is 0 Å². The number of amides is 1. The number of hydrogen-bond donors (Lipinski definition) is 1. The Labute approximate surface area is 100 Å². The van der Waals surface area contributed by atoms with Gasteiger partial charge in [0.2, 0.25) is 0 Å². The molecule has 0 unspecified atom stereocenters. The monoisotopic (exact) mass is 235 g/mol. The van der Waals surface area contributed by atoms with E-state index in [0.29, 0.717) is 13.1 Å². The third-order valence-electron chi connectivity index (χ3n) is 2.47. The lowest BCUT2D eigenvalue weighted by Gasteiger charge is -2.30. The van der Waals surface area contributed by atoms with Crippen molar-refractivity contribution in [2.75, 3.05) is 6.54 Å². The van der Waals surface area contributed by atoms with Gasteiger partial charge in [-0.15, -0.1) is 0 Å². The smallest absolute Gasteiger partial charge is 0.410 e. The van der Waals surface area contributed by atoms with Crippen molar-refractivity contribution in [3.8, 4) is 0 Å². The van der Waals surface area contributed by atoms with E-state index in [9.17, 15) is 4.79 Å². The molecule has 17 heavy (non-hydrogen) atoms. The molecule has 1 aliphatic heterocycles. The maximum absolute atomic E-state index is 11.9. The van der Waals surface area contributed by atoms with E-state index in [1.54, 1.807) is 11.1 Å². The van der Waals surface area contributed by atoms with Crippen LogP contribution in [-0.4, -0.2) is 33.3 Å². The number of aromatic amines is 1. The minimum atomic E-state index is -0.477. The van der Waals surface area contributed by atoms with Gasteiger partial charge < -0.3 is 4.74 Å². The first-order valence-electron chi connectivity index (χ1n) is 5.55. The van der Waals surface area contributed by atoms with Gasteiger partial charge in [0.1, 0.15) is 5.60 Å². The third kappa shape index (κ3) is 2.49. The number of nitrogens with one attached hydrogen (secondary N) is 1. The molecule has 1 aliphatic rings. The molecule has 1 aromatic heterocycles. The molecule has 2 rings (SSSR count). The van der Waals surface area contributed by atoms with Crippen molar-refractivity contribution in [3.63, 3.8) is 0 Å². The van der Waals surface area contributed by atoms with Gasteiger partial charge in [0.25, 0.3) is 0 Å². The highest BCUT2D eigenvalue weighted by molar-refractivity contribution is 5.75. The summed E-state index contributed by atoms with van der Waals surface area (Å²) in [6, 6.07) is 0. The maximum atomic E-state index is 11.9. The number of rotatable bonds is 0. The molecule has 0 aliphatic carbocycles. The molecular weight excluding hydrogens is 218 g/mol. The molecule has 5 heteroatoms. The number of carbonyl (C=O) groups is 1. The number of hydrogen-bond acceptors (Lipinski definition) is 3. The standard InChI is InChI=1S/C12H17N3O2/c1-8-6-15(11(16)17-12(2,3)4)7-9-5-13-14-10(8)9/h5H,1,6-7H2,2-4H3,(H,13,14). The Balaban J connectivity index is 2.12. The van der Waals surface area contributed by atoms with Crippen molar-refractivity contribution in [2.24, 2.45) is 0 Å². The van der Waals surface area contributed by atoms with Crippen LogP contribution in [0.4, 0.5) is 4.79 Å². The lowest BCUT2D eigenvalue weighted by atomic mass is 10.1. The fraction of sp³-hybridized carbons (Fsp3) is 0.500. The van der Waals surface area contributed by atoms with Gasteiger partial charge in [-0.1, -0.05) is 6.58 Å². The van der Waals surface area contributed by atoms with Crippen LogP contribution in [0.5, 0.6) is 0 Å². The van der Waals surface area contributed by atoms with Crippen LogP contribution in [0, 0.1) is 0 Å². The molecule has 1 amide bonds. The Hall–Kier alpha value is -1.78. The summed E-state index contributed by atoms with van der Waals surface area (Å²) in [6.45, 7) is 10.5. The van der Waals surface area contributed by atoms with Crippen molar-refractivity contribution < 1.29 is 9.53 Å². The number of nitrogens with zero attached hydrogens (tertiary/aromatic N) is 2. The average molecular weight is 235 g/mol. The molecule has 0 aromatic carbocycles. The summed E-state index contributed by atoms with van der Waals surface area (Å²) in [7, 11) is 0. The van der Waals surface area contributed by atoms with Crippen molar-refractivity contribution in [2.45, 2.75) is 32.9 Å². The van der Waals surface area contributed by atoms with E-state index in [2.05, 4.69) is 16.8 Å². The van der Waals surface area contributed by atoms with E-state index in [-0.39, 0.29) is 6.09 Å². The number of ether oxygens (including phenoxy) is 1. The second-order valence-electron chi connectivity index (χ2n) is 5.21. The topological polar surface area (TPSA) is 58.2 Å². The summed E-state index contributed by atoms with van der Waals surface area (Å²) in [5.41, 5.74) is 2.29. The highest BCUT2D eigenvalue weighted by Crippen LogP contribution is 2.25.